The van der Waals surface area contributed by atoms with Crippen molar-refractivity contribution >= 4 is 16.8 Å². The zero-order chi connectivity index (χ0) is 15.5. The molecule has 0 fully saturated rings. The Labute approximate surface area is 126 Å². The quantitative estimate of drug-likeness (QED) is 0.822. The minimum absolute atomic E-state index is 0.0385. The van der Waals surface area contributed by atoms with Crippen LogP contribution in [0.25, 0.3) is 0 Å². The van der Waals surface area contributed by atoms with Crippen LogP contribution in [0.3, 0.4) is 0 Å². The number of aryl methyl sites for hydroxylation is 1. The third-order valence-corrected chi connectivity index (χ3v) is 3.91. The molecule has 0 amide bonds. The maximum atomic E-state index is 7.37. The number of methoxy groups -OCH3 is 1. The Balaban J connectivity index is 3.19. The van der Waals surface area contributed by atoms with Crippen LogP contribution in [0.5, 0.6) is 5.75 Å². The highest BCUT2D eigenvalue weighted by molar-refractivity contribution is 6.67. The van der Waals surface area contributed by atoms with Gasteiger partial charge in [-0.3, -0.25) is 5.41 Å². The first-order valence-electron chi connectivity index (χ1n) is 6.51. The van der Waals surface area contributed by atoms with Crippen LogP contribution in [-0.4, -0.2) is 24.2 Å². The molecule has 0 aliphatic carbocycles. The molecule has 0 heterocycles. The summed E-state index contributed by atoms with van der Waals surface area (Å²) in [6.07, 6.45) is 1.65. The van der Waals surface area contributed by atoms with Crippen molar-refractivity contribution < 1.29 is 4.74 Å². The van der Waals surface area contributed by atoms with Gasteiger partial charge in [-0.1, -0.05) is 17.7 Å². The number of hydrogen-bond donors (Lipinski definition) is 1. The van der Waals surface area contributed by atoms with Gasteiger partial charge < -0.3 is 9.64 Å². The highest BCUT2D eigenvalue weighted by Gasteiger charge is 2.27. The Hall–Kier alpha value is -1.48. The van der Waals surface area contributed by atoms with Gasteiger partial charge in [-0.05, 0) is 57.0 Å². The number of nitrogens with zero attached hydrogens (tertiary/aromatic N) is 1. The minimum Gasteiger partial charge on any atom is -0.497 e. The van der Waals surface area contributed by atoms with Crippen LogP contribution < -0.4 is 4.74 Å². The Morgan fingerprint density at radius 3 is 2.45 bits per heavy atom. The second kappa shape index (κ2) is 6.31. The molecule has 1 N–H and O–H groups in total. The van der Waals surface area contributed by atoms with Crippen molar-refractivity contribution in [3.8, 4) is 5.75 Å². The van der Waals surface area contributed by atoms with Gasteiger partial charge in [-0.2, -0.15) is 0 Å². The SMILES string of the molecule is COc1ccc(C(C)(C)N(C)/C(C)=C/C(=N)Cl)c(C)c1. The molecule has 0 aromatic heterocycles. The van der Waals surface area contributed by atoms with Crippen LogP contribution in [-0.2, 0) is 5.54 Å². The second-order valence-electron chi connectivity index (χ2n) is 5.43. The molecule has 0 bridgehead atoms. The molecule has 4 heteroatoms. The van der Waals surface area contributed by atoms with Gasteiger partial charge in [-0.25, -0.2) is 0 Å². The number of ether oxygens (including phenoxy) is 1. The van der Waals surface area contributed by atoms with Crippen molar-refractivity contribution in [3.05, 3.63) is 41.1 Å². The first-order chi connectivity index (χ1) is 9.20. The summed E-state index contributed by atoms with van der Waals surface area (Å²) in [5, 5.41) is 7.41. The summed E-state index contributed by atoms with van der Waals surface area (Å²) in [5.41, 5.74) is 3.14. The Bertz CT molecular complexity index is 535. The summed E-state index contributed by atoms with van der Waals surface area (Å²) < 4.78 is 5.25. The molecule has 0 saturated carbocycles. The molecule has 110 valence electrons. The molecule has 0 aliphatic heterocycles. The van der Waals surface area contributed by atoms with Crippen molar-refractivity contribution in [2.45, 2.75) is 33.2 Å². The summed E-state index contributed by atoms with van der Waals surface area (Å²) >= 11 is 5.65. The molecule has 0 atom stereocenters. The van der Waals surface area contributed by atoms with Crippen LogP contribution in [0.2, 0.25) is 0 Å². The lowest BCUT2D eigenvalue weighted by atomic mass is 9.88. The summed E-state index contributed by atoms with van der Waals surface area (Å²) in [6, 6.07) is 6.10. The fourth-order valence-corrected chi connectivity index (χ4v) is 2.51. The summed E-state index contributed by atoms with van der Waals surface area (Å²) in [5.74, 6) is 0.861. The van der Waals surface area contributed by atoms with Gasteiger partial charge >= 0.3 is 0 Å². The Morgan fingerprint density at radius 1 is 1.40 bits per heavy atom. The zero-order valence-electron chi connectivity index (χ0n) is 13.0. The number of allylic oxidation sites excluding steroid dienone is 2. The molecule has 0 saturated heterocycles. The molecule has 1 aromatic carbocycles. The smallest absolute Gasteiger partial charge is 0.122 e. The molecule has 0 unspecified atom stereocenters. The molecule has 1 aromatic rings. The highest BCUT2D eigenvalue weighted by Crippen LogP contribution is 2.33. The number of benzene rings is 1. The van der Waals surface area contributed by atoms with E-state index in [0.29, 0.717) is 0 Å². The summed E-state index contributed by atoms with van der Waals surface area (Å²) in [4.78, 5) is 2.12. The first-order valence-corrected chi connectivity index (χ1v) is 6.89. The largest absolute Gasteiger partial charge is 0.497 e. The van der Waals surface area contributed by atoms with E-state index < -0.39 is 0 Å². The Kier molecular flexibility index (Phi) is 5.23. The lowest BCUT2D eigenvalue weighted by molar-refractivity contribution is 0.206. The van der Waals surface area contributed by atoms with Crippen molar-refractivity contribution in [1.29, 1.82) is 5.41 Å². The van der Waals surface area contributed by atoms with E-state index in [1.54, 1.807) is 13.2 Å². The lowest BCUT2D eigenvalue weighted by Gasteiger charge is -2.39. The standard InChI is InChI=1S/C16H23ClN2O/c1-11-9-13(20-6)7-8-14(11)16(3,4)19(5)12(2)10-15(17)18/h7-10,18H,1-6H3/b12-10+,18-15?. The lowest BCUT2D eigenvalue weighted by Crippen LogP contribution is -2.38. The maximum absolute atomic E-state index is 7.37. The summed E-state index contributed by atoms with van der Waals surface area (Å²) in [7, 11) is 3.68. The monoisotopic (exact) mass is 294 g/mol. The minimum atomic E-state index is -0.205. The van der Waals surface area contributed by atoms with E-state index in [1.807, 2.05) is 26.1 Å². The van der Waals surface area contributed by atoms with Gasteiger partial charge in [-0.15, -0.1) is 0 Å². The average molecular weight is 295 g/mol. The summed E-state index contributed by atoms with van der Waals surface area (Å²) in [6.45, 7) is 8.33. The van der Waals surface area contributed by atoms with Crippen molar-refractivity contribution in [2.75, 3.05) is 14.2 Å². The van der Waals surface area contributed by atoms with E-state index in [4.69, 9.17) is 21.7 Å². The molecule has 20 heavy (non-hydrogen) atoms. The van der Waals surface area contributed by atoms with Gasteiger partial charge in [0.05, 0.1) is 12.6 Å². The highest BCUT2D eigenvalue weighted by atomic mass is 35.5. The molecule has 3 nitrogen and oxygen atoms in total. The molecule has 0 radical (unpaired) electrons. The third kappa shape index (κ3) is 3.54. The van der Waals surface area contributed by atoms with E-state index >= 15 is 0 Å². The normalized spacial score (nSPS) is 12.2. The van der Waals surface area contributed by atoms with Gasteiger partial charge in [0.2, 0.25) is 0 Å². The fraction of sp³-hybridized carbons (Fsp3) is 0.438. The molecule has 1 rings (SSSR count). The number of nitrogens with one attached hydrogen (secondary N) is 1. The molecular weight excluding hydrogens is 272 g/mol. The molecular formula is C16H23ClN2O. The topological polar surface area (TPSA) is 36.3 Å². The van der Waals surface area contributed by atoms with E-state index in [2.05, 4.69) is 31.7 Å². The van der Waals surface area contributed by atoms with Gasteiger partial charge in [0.15, 0.2) is 0 Å². The third-order valence-electron chi connectivity index (χ3n) is 3.80. The van der Waals surface area contributed by atoms with Crippen LogP contribution in [0.1, 0.15) is 31.9 Å². The average Bonchev–Trinajstić information content (AvgIpc) is 2.36. The van der Waals surface area contributed by atoms with Gasteiger partial charge in [0.1, 0.15) is 10.9 Å². The second-order valence-corrected chi connectivity index (χ2v) is 5.84. The number of halogens is 1. The predicted molar refractivity (Wildman–Crippen MR) is 85.9 cm³/mol. The van der Waals surface area contributed by atoms with E-state index in [-0.39, 0.29) is 10.7 Å². The van der Waals surface area contributed by atoms with E-state index in [9.17, 15) is 0 Å². The molecule has 0 spiro atoms. The van der Waals surface area contributed by atoms with Crippen molar-refractivity contribution in [1.82, 2.24) is 4.90 Å². The van der Waals surface area contributed by atoms with E-state index in [0.717, 1.165) is 11.4 Å². The zero-order valence-corrected chi connectivity index (χ0v) is 13.8. The van der Waals surface area contributed by atoms with Crippen molar-refractivity contribution in [2.24, 2.45) is 0 Å². The van der Waals surface area contributed by atoms with Crippen LogP contribution in [0.15, 0.2) is 30.0 Å². The fourth-order valence-electron chi connectivity index (χ4n) is 2.35. The van der Waals surface area contributed by atoms with Gasteiger partial charge in [0, 0.05) is 12.7 Å². The number of hydrogen-bond acceptors (Lipinski definition) is 3. The van der Waals surface area contributed by atoms with Crippen molar-refractivity contribution in [3.63, 3.8) is 0 Å². The molecule has 0 aliphatic rings. The Morgan fingerprint density at radius 2 is 2.00 bits per heavy atom. The first kappa shape index (κ1) is 16.6. The van der Waals surface area contributed by atoms with Crippen LogP contribution >= 0.6 is 11.6 Å². The van der Waals surface area contributed by atoms with Crippen LogP contribution in [0, 0.1) is 12.3 Å². The van der Waals surface area contributed by atoms with Gasteiger partial charge in [0.25, 0.3) is 0 Å². The van der Waals surface area contributed by atoms with E-state index in [1.165, 1.54) is 11.1 Å². The predicted octanol–water partition coefficient (Wildman–Crippen LogP) is 4.29. The van der Waals surface area contributed by atoms with Crippen LogP contribution in [0.4, 0.5) is 0 Å². The maximum Gasteiger partial charge on any atom is 0.122 e. The number of rotatable bonds is 5.